The molecule has 7 nitrogen and oxygen atoms in total. The van der Waals surface area contributed by atoms with Crippen molar-refractivity contribution in [2.75, 3.05) is 11.9 Å². The summed E-state index contributed by atoms with van der Waals surface area (Å²) < 4.78 is 13.3. The van der Waals surface area contributed by atoms with Crippen molar-refractivity contribution in [3.05, 3.63) is 95.7 Å². The molecule has 2 aromatic carbocycles. The zero-order valence-corrected chi connectivity index (χ0v) is 16.4. The minimum atomic E-state index is -0.455. The number of nitrogens with zero attached hydrogens (tertiary/aromatic N) is 1. The Morgan fingerprint density at radius 1 is 1.00 bits per heavy atom. The van der Waals surface area contributed by atoms with Crippen molar-refractivity contribution >= 4 is 28.4 Å². The molecule has 31 heavy (non-hydrogen) atoms. The molecule has 0 radical (unpaired) electrons. The first-order chi connectivity index (χ1) is 15.0. The summed E-state index contributed by atoms with van der Waals surface area (Å²) in [7, 11) is 0. The largest absolute Gasteiger partial charge is 0.351 e. The van der Waals surface area contributed by atoms with Crippen LogP contribution in [0.4, 0.5) is 10.1 Å². The molecule has 0 fully saturated rings. The second kappa shape index (κ2) is 8.76. The number of anilines is 1. The van der Waals surface area contributed by atoms with E-state index >= 15 is 0 Å². The summed E-state index contributed by atoms with van der Waals surface area (Å²) in [5.41, 5.74) is 9.11. The second-order valence-electron chi connectivity index (χ2n) is 7.04. The molecule has 0 aliphatic carbocycles. The predicted molar refractivity (Wildman–Crippen MR) is 116 cm³/mol. The Bertz CT molecular complexity index is 1220. The number of amides is 2. The molecule has 2 heterocycles. The third-order valence-electron chi connectivity index (χ3n) is 4.85. The molecular weight excluding hydrogens is 397 g/mol. The molecule has 2 aromatic heterocycles. The molecule has 4 rings (SSSR count). The Balaban J connectivity index is 1.35. The van der Waals surface area contributed by atoms with Gasteiger partial charge in [-0.1, -0.05) is 12.1 Å². The molecule has 2 amide bonds. The van der Waals surface area contributed by atoms with Gasteiger partial charge in [-0.25, -0.2) is 4.39 Å². The first-order valence-corrected chi connectivity index (χ1v) is 9.63. The summed E-state index contributed by atoms with van der Waals surface area (Å²) in [6.45, 7) is 0.200. The number of hydrogen-bond acceptors (Lipinski definition) is 4. The van der Waals surface area contributed by atoms with E-state index in [4.69, 9.17) is 5.73 Å². The van der Waals surface area contributed by atoms with Crippen molar-refractivity contribution in [2.24, 2.45) is 5.73 Å². The van der Waals surface area contributed by atoms with Crippen LogP contribution in [0.1, 0.15) is 32.5 Å². The fraction of sp³-hybridized carbons (Fsp3) is 0.0870. The highest BCUT2D eigenvalue weighted by molar-refractivity contribution is 6.04. The van der Waals surface area contributed by atoms with Crippen LogP contribution in [0.15, 0.2) is 73.1 Å². The van der Waals surface area contributed by atoms with Crippen LogP contribution in [0.3, 0.4) is 0 Å². The lowest BCUT2D eigenvalue weighted by Crippen LogP contribution is -2.32. The fourth-order valence-corrected chi connectivity index (χ4v) is 3.16. The first-order valence-electron chi connectivity index (χ1n) is 9.63. The number of aromatic amines is 1. The van der Waals surface area contributed by atoms with Crippen LogP contribution in [-0.4, -0.2) is 28.3 Å². The van der Waals surface area contributed by atoms with E-state index in [0.717, 1.165) is 5.56 Å². The molecule has 1 unspecified atom stereocenters. The van der Waals surface area contributed by atoms with E-state index in [2.05, 4.69) is 20.6 Å². The Hall–Kier alpha value is -4.04. The summed E-state index contributed by atoms with van der Waals surface area (Å²) in [6.07, 6.45) is 3.19. The fourth-order valence-electron chi connectivity index (χ4n) is 3.16. The Labute approximate surface area is 177 Å². The van der Waals surface area contributed by atoms with Crippen LogP contribution in [0.2, 0.25) is 0 Å². The number of nitrogens with one attached hydrogen (secondary N) is 3. The maximum atomic E-state index is 13.3. The van der Waals surface area contributed by atoms with Crippen molar-refractivity contribution in [3.63, 3.8) is 0 Å². The third-order valence-corrected chi connectivity index (χ3v) is 4.85. The number of pyridine rings is 1. The van der Waals surface area contributed by atoms with Crippen molar-refractivity contribution in [1.29, 1.82) is 0 Å². The molecule has 4 aromatic rings. The quantitative estimate of drug-likeness (QED) is 0.385. The van der Waals surface area contributed by atoms with Gasteiger partial charge in [0.25, 0.3) is 11.8 Å². The number of H-pyrrole nitrogens is 1. The zero-order chi connectivity index (χ0) is 21.8. The van der Waals surface area contributed by atoms with Crippen LogP contribution in [-0.2, 0) is 0 Å². The van der Waals surface area contributed by atoms with Crippen LogP contribution >= 0.6 is 0 Å². The predicted octanol–water partition coefficient (Wildman–Crippen LogP) is 3.38. The highest BCUT2D eigenvalue weighted by Crippen LogP contribution is 2.17. The molecule has 0 saturated carbocycles. The summed E-state index contributed by atoms with van der Waals surface area (Å²) in [4.78, 5) is 31.6. The lowest BCUT2D eigenvalue weighted by atomic mass is 10.0. The zero-order valence-electron chi connectivity index (χ0n) is 16.4. The number of benzene rings is 2. The molecule has 0 aliphatic rings. The lowest BCUT2D eigenvalue weighted by Gasteiger charge is -2.13. The molecule has 8 heteroatoms. The van der Waals surface area contributed by atoms with Crippen LogP contribution < -0.4 is 16.4 Å². The van der Waals surface area contributed by atoms with Crippen molar-refractivity contribution < 1.29 is 14.0 Å². The average Bonchev–Trinajstić information content (AvgIpc) is 3.21. The molecule has 0 spiro atoms. The van der Waals surface area contributed by atoms with E-state index in [9.17, 15) is 14.0 Å². The Morgan fingerprint density at radius 2 is 1.74 bits per heavy atom. The maximum absolute atomic E-state index is 13.3. The van der Waals surface area contributed by atoms with E-state index in [0.29, 0.717) is 27.8 Å². The SMILES string of the molecule is NC(CNC(=O)c1cc2cc(F)ccc2[nH]1)c1ccc(C(=O)Nc2ccncc2)cc1. The number of fused-ring (bicyclic) bond motifs is 1. The summed E-state index contributed by atoms with van der Waals surface area (Å²) in [5.74, 6) is -0.936. The lowest BCUT2D eigenvalue weighted by molar-refractivity contribution is 0.0946. The molecule has 156 valence electrons. The number of carbonyl (C=O) groups is 2. The number of halogens is 1. The van der Waals surface area contributed by atoms with Gasteiger partial charge in [0.15, 0.2) is 0 Å². The Kier molecular flexibility index (Phi) is 5.72. The van der Waals surface area contributed by atoms with Gasteiger partial charge in [0.1, 0.15) is 11.5 Å². The molecule has 0 aliphatic heterocycles. The molecule has 5 N–H and O–H groups in total. The number of hydrogen-bond donors (Lipinski definition) is 4. The number of rotatable bonds is 6. The van der Waals surface area contributed by atoms with Crippen molar-refractivity contribution in [3.8, 4) is 0 Å². The van der Waals surface area contributed by atoms with Gasteiger partial charge in [-0.05, 0) is 54.1 Å². The molecular formula is C23H20FN5O2. The van der Waals surface area contributed by atoms with Crippen LogP contribution in [0.25, 0.3) is 10.9 Å². The summed E-state index contributed by atoms with van der Waals surface area (Å²) in [5, 5.41) is 6.17. The highest BCUT2D eigenvalue weighted by Gasteiger charge is 2.13. The molecule has 1 atom stereocenters. The first kappa shape index (κ1) is 20.2. The van der Waals surface area contributed by atoms with Gasteiger partial charge in [-0.3, -0.25) is 14.6 Å². The second-order valence-corrected chi connectivity index (χ2v) is 7.04. The van der Waals surface area contributed by atoms with E-state index in [1.807, 2.05) is 0 Å². The monoisotopic (exact) mass is 417 g/mol. The standard InChI is InChI=1S/C23H20FN5O2/c24-17-5-6-20-16(11-17)12-21(29-20)23(31)27-13-19(25)14-1-3-15(4-2-14)22(30)28-18-7-9-26-10-8-18/h1-12,19,29H,13,25H2,(H,27,31)(H,26,28,30). The van der Waals surface area contributed by atoms with Crippen LogP contribution in [0.5, 0.6) is 0 Å². The highest BCUT2D eigenvalue weighted by atomic mass is 19.1. The van der Waals surface area contributed by atoms with E-state index in [-0.39, 0.29) is 24.2 Å². The number of carbonyl (C=O) groups excluding carboxylic acids is 2. The van der Waals surface area contributed by atoms with Gasteiger partial charge < -0.3 is 21.4 Å². The maximum Gasteiger partial charge on any atom is 0.267 e. The average molecular weight is 417 g/mol. The van der Waals surface area contributed by atoms with Crippen LogP contribution in [0, 0.1) is 5.82 Å². The smallest absolute Gasteiger partial charge is 0.267 e. The summed E-state index contributed by atoms with van der Waals surface area (Å²) in [6, 6.07) is 15.7. The topological polar surface area (TPSA) is 113 Å². The van der Waals surface area contributed by atoms with E-state index in [1.165, 1.54) is 12.1 Å². The molecule has 0 saturated heterocycles. The minimum absolute atomic E-state index is 0.200. The van der Waals surface area contributed by atoms with Gasteiger partial charge in [0.2, 0.25) is 0 Å². The minimum Gasteiger partial charge on any atom is -0.351 e. The summed E-state index contributed by atoms with van der Waals surface area (Å²) >= 11 is 0. The number of nitrogens with two attached hydrogens (primary N) is 1. The molecule has 0 bridgehead atoms. The van der Waals surface area contributed by atoms with E-state index < -0.39 is 6.04 Å². The van der Waals surface area contributed by atoms with Gasteiger partial charge in [-0.15, -0.1) is 0 Å². The van der Waals surface area contributed by atoms with Gasteiger partial charge in [0, 0.05) is 47.1 Å². The van der Waals surface area contributed by atoms with Crippen molar-refractivity contribution in [2.45, 2.75) is 6.04 Å². The van der Waals surface area contributed by atoms with Gasteiger partial charge in [-0.2, -0.15) is 0 Å². The normalized spacial score (nSPS) is 11.8. The van der Waals surface area contributed by atoms with E-state index in [1.54, 1.807) is 60.9 Å². The Morgan fingerprint density at radius 3 is 2.48 bits per heavy atom. The third kappa shape index (κ3) is 4.76. The number of aromatic nitrogens is 2. The van der Waals surface area contributed by atoms with Gasteiger partial charge >= 0.3 is 0 Å². The van der Waals surface area contributed by atoms with Gasteiger partial charge in [0.05, 0.1) is 0 Å². The van der Waals surface area contributed by atoms with Crippen molar-refractivity contribution in [1.82, 2.24) is 15.3 Å².